The smallest absolute Gasteiger partial charge is 0.227 e. The summed E-state index contributed by atoms with van der Waals surface area (Å²) in [6.07, 6.45) is 9.26. The predicted molar refractivity (Wildman–Crippen MR) is 99.8 cm³/mol. The van der Waals surface area contributed by atoms with Crippen molar-refractivity contribution in [1.29, 1.82) is 0 Å². The van der Waals surface area contributed by atoms with E-state index in [-0.39, 0.29) is 5.41 Å². The molecule has 7 heteroatoms. The first-order valence-corrected chi connectivity index (χ1v) is 9.66. The second-order valence-corrected chi connectivity index (χ2v) is 8.14. The number of H-pyrrole nitrogens is 1. The molecule has 2 aromatic rings. The van der Waals surface area contributed by atoms with E-state index in [1.807, 2.05) is 12.3 Å². The Bertz CT molecular complexity index is 772. The normalized spacial score (nSPS) is 27.7. The molecule has 0 radical (unpaired) electrons. The number of piperidine rings is 2. The third-order valence-electron chi connectivity index (χ3n) is 6.18. The van der Waals surface area contributed by atoms with E-state index in [4.69, 9.17) is 9.72 Å². The van der Waals surface area contributed by atoms with E-state index in [1.165, 1.54) is 44.2 Å². The monoisotopic (exact) mass is 354 g/mol. The van der Waals surface area contributed by atoms with Crippen LogP contribution in [0.5, 0.6) is 0 Å². The van der Waals surface area contributed by atoms with Gasteiger partial charge >= 0.3 is 0 Å². The van der Waals surface area contributed by atoms with Gasteiger partial charge in [0, 0.05) is 49.0 Å². The minimum atomic E-state index is 0.262. The number of aromatic amines is 1. The molecule has 138 valence electrons. The largest absolute Gasteiger partial charge is 0.384 e. The summed E-state index contributed by atoms with van der Waals surface area (Å²) in [6, 6.07) is 4.55. The van der Waals surface area contributed by atoms with E-state index in [1.54, 1.807) is 7.11 Å². The fraction of sp³-hybridized carbons (Fsp3) is 0.632. The van der Waals surface area contributed by atoms with Crippen molar-refractivity contribution in [2.45, 2.75) is 50.5 Å². The molecule has 2 saturated carbocycles. The summed E-state index contributed by atoms with van der Waals surface area (Å²) in [5, 5.41) is 10.8. The standard InChI is InChI=1S/C19H26N6O/c1-26-12-19-7-4-14(5-8-19)25(11-19)18-20-9-6-16(22-18)21-17-10-15(23-24-17)13-2-3-13/h6,9-10,13-14H,2-5,7-8,11-12H2,1H3,(H2,20,21,22,23,24). The number of nitrogens with zero attached hydrogens (tertiary/aromatic N) is 4. The highest BCUT2D eigenvalue weighted by molar-refractivity contribution is 5.54. The van der Waals surface area contributed by atoms with Gasteiger partial charge in [-0.05, 0) is 44.6 Å². The molecule has 2 aliphatic heterocycles. The third kappa shape index (κ3) is 2.94. The van der Waals surface area contributed by atoms with Crippen LogP contribution in [-0.2, 0) is 4.74 Å². The van der Waals surface area contributed by atoms with E-state index in [0.29, 0.717) is 12.0 Å². The van der Waals surface area contributed by atoms with E-state index in [0.717, 1.165) is 30.7 Å². The number of rotatable bonds is 6. The maximum atomic E-state index is 5.52. The Kier molecular flexibility index (Phi) is 3.85. The van der Waals surface area contributed by atoms with E-state index >= 15 is 0 Å². The average molecular weight is 354 g/mol. The number of anilines is 3. The fourth-order valence-electron chi connectivity index (χ4n) is 4.60. The van der Waals surface area contributed by atoms with Crippen LogP contribution in [0.2, 0.25) is 0 Å². The Labute approximate surface area is 153 Å². The topological polar surface area (TPSA) is 79.0 Å². The molecular formula is C19H26N6O. The van der Waals surface area contributed by atoms with Gasteiger partial charge in [0.05, 0.1) is 6.61 Å². The quantitative estimate of drug-likeness (QED) is 0.829. The third-order valence-corrected chi connectivity index (χ3v) is 6.18. The van der Waals surface area contributed by atoms with Gasteiger partial charge in [0.1, 0.15) is 5.82 Å². The summed E-state index contributed by atoms with van der Waals surface area (Å²) >= 11 is 0. The molecule has 2 saturated heterocycles. The lowest BCUT2D eigenvalue weighted by Gasteiger charge is -2.52. The molecule has 4 fully saturated rings. The van der Waals surface area contributed by atoms with Gasteiger partial charge in [0.2, 0.25) is 5.95 Å². The molecule has 4 heterocycles. The Morgan fingerprint density at radius 1 is 1.27 bits per heavy atom. The van der Waals surface area contributed by atoms with Crippen molar-refractivity contribution in [3.05, 3.63) is 24.0 Å². The van der Waals surface area contributed by atoms with Crippen molar-refractivity contribution in [3.63, 3.8) is 0 Å². The molecule has 4 aliphatic rings. The maximum absolute atomic E-state index is 5.52. The summed E-state index contributed by atoms with van der Waals surface area (Å²) in [5.41, 5.74) is 1.48. The molecule has 0 unspecified atom stereocenters. The van der Waals surface area contributed by atoms with Crippen molar-refractivity contribution in [3.8, 4) is 0 Å². The molecule has 7 nitrogen and oxygen atoms in total. The zero-order chi connectivity index (χ0) is 17.6. The van der Waals surface area contributed by atoms with Crippen LogP contribution in [0.15, 0.2) is 18.3 Å². The highest BCUT2D eigenvalue weighted by atomic mass is 16.5. The first-order valence-electron chi connectivity index (χ1n) is 9.66. The summed E-state index contributed by atoms with van der Waals surface area (Å²) < 4.78 is 5.52. The van der Waals surface area contributed by atoms with Gasteiger partial charge in [0.25, 0.3) is 0 Å². The second kappa shape index (κ2) is 6.23. The van der Waals surface area contributed by atoms with Crippen molar-refractivity contribution in [2.75, 3.05) is 30.5 Å². The lowest BCUT2D eigenvalue weighted by Crippen LogP contribution is -2.56. The van der Waals surface area contributed by atoms with Crippen LogP contribution in [0.4, 0.5) is 17.6 Å². The van der Waals surface area contributed by atoms with Gasteiger partial charge in [-0.15, -0.1) is 0 Å². The van der Waals surface area contributed by atoms with Crippen LogP contribution in [0, 0.1) is 5.41 Å². The van der Waals surface area contributed by atoms with E-state index in [2.05, 4.69) is 31.5 Å². The number of aromatic nitrogens is 4. The fourth-order valence-corrected chi connectivity index (χ4v) is 4.60. The summed E-state index contributed by atoms with van der Waals surface area (Å²) in [7, 11) is 1.81. The Balaban J connectivity index is 1.34. The van der Waals surface area contributed by atoms with E-state index in [9.17, 15) is 0 Å². The molecule has 2 aromatic heterocycles. The van der Waals surface area contributed by atoms with Crippen LogP contribution in [0.3, 0.4) is 0 Å². The predicted octanol–water partition coefficient (Wildman–Crippen LogP) is 3.22. The molecule has 2 bridgehead atoms. The molecule has 0 amide bonds. The van der Waals surface area contributed by atoms with E-state index < -0.39 is 0 Å². The number of hydrogen-bond donors (Lipinski definition) is 2. The van der Waals surface area contributed by atoms with Gasteiger partial charge in [-0.1, -0.05) is 0 Å². The van der Waals surface area contributed by atoms with Crippen LogP contribution < -0.4 is 10.2 Å². The van der Waals surface area contributed by atoms with Gasteiger partial charge in [0.15, 0.2) is 5.82 Å². The summed E-state index contributed by atoms with van der Waals surface area (Å²) in [5.74, 6) is 3.11. The van der Waals surface area contributed by atoms with Crippen molar-refractivity contribution in [2.24, 2.45) is 5.41 Å². The van der Waals surface area contributed by atoms with Crippen LogP contribution >= 0.6 is 0 Å². The molecule has 0 aromatic carbocycles. The lowest BCUT2D eigenvalue weighted by molar-refractivity contribution is 0.0238. The average Bonchev–Trinajstić information content (AvgIpc) is 3.42. The summed E-state index contributed by atoms with van der Waals surface area (Å²) in [4.78, 5) is 11.7. The molecule has 2 N–H and O–H groups in total. The molecule has 6 rings (SSSR count). The number of methoxy groups -OCH3 is 1. The Hall–Kier alpha value is -2.15. The van der Waals surface area contributed by atoms with Crippen LogP contribution in [-0.4, -0.2) is 46.5 Å². The van der Waals surface area contributed by atoms with Crippen LogP contribution in [0.1, 0.15) is 50.1 Å². The highest BCUT2D eigenvalue weighted by Gasteiger charge is 2.45. The number of nitrogens with one attached hydrogen (secondary N) is 2. The lowest BCUT2D eigenvalue weighted by atomic mass is 9.68. The van der Waals surface area contributed by atoms with Gasteiger partial charge in [-0.2, -0.15) is 10.1 Å². The Morgan fingerprint density at radius 2 is 2.12 bits per heavy atom. The zero-order valence-electron chi connectivity index (χ0n) is 15.2. The van der Waals surface area contributed by atoms with Crippen molar-refractivity contribution < 1.29 is 4.74 Å². The summed E-state index contributed by atoms with van der Waals surface area (Å²) in [6.45, 7) is 1.81. The van der Waals surface area contributed by atoms with Gasteiger partial charge in [-0.3, -0.25) is 5.10 Å². The molecule has 26 heavy (non-hydrogen) atoms. The van der Waals surface area contributed by atoms with Gasteiger partial charge < -0.3 is 15.0 Å². The number of ether oxygens (including phenoxy) is 1. The van der Waals surface area contributed by atoms with Crippen molar-refractivity contribution in [1.82, 2.24) is 20.2 Å². The molecular weight excluding hydrogens is 328 g/mol. The van der Waals surface area contributed by atoms with Gasteiger partial charge in [-0.25, -0.2) is 4.98 Å². The minimum Gasteiger partial charge on any atom is -0.384 e. The SMILES string of the molecule is COCC12CCC(CC1)N(c1nccc(Nc3cc(C4CC4)[nH]n3)n1)C2. The first kappa shape index (κ1) is 16.1. The second-order valence-electron chi connectivity index (χ2n) is 8.14. The Morgan fingerprint density at radius 3 is 2.88 bits per heavy atom. The minimum absolute atomic E-state index is 0.262. The molecule has 0 atom stereocenters. The number of hydrogen-bond acceptors (Lipinski definition) is 6. The number of fused-ring (bicyclic) bond motifs is 3. The molecule has 2 aliphatic carbocycles. The zero-order valence-corrected chi connectivity index (χ0v) is 15.2. The van der Waals surface area contributed by atoms with Crippen LogP contribution in [0.25, 0.3) is 0 Å². The first-order chi connectivity index (χ1) is 12.7. The maximum Gasteiger partial charge on any atom is 0.227 e. The van der Waals surface area contributed by atoms with Crippen molar-refractivity contribution >= 4 is 17.6 Å². The highest BCUT2D eigenvalue weighted by Crippen LogP contribution is 2.45. The molecule has 0 spiro atoms.